The predicted octanol–water partition coefficient (Wildman–Crippen LogP) is 1.06. The Balaban J connectivity index is 3.56. The molecule has 0 heterocycles. The van der Waals surface area contributed by atoms with E-state index in [1.54, 1.807) is 14.0 Å². The molecule has 0 aliphatic carbocycles. The number of hydrogen-bond acceptors (Lipinski definition) is 2. The van der Waals surface area contributed by atoms with E-state index in [0.29, 0.717) is 6.42 Å². The topological polar surface area (TPSA) is 29.4 Å². The van der Waals surface area contributed by atoms with Crippen LogP contribution in [0.3, 0.4) is 0 Å². The lowest BCUT2D eigenvalue weighted by atomic mass is 10.2. The molecule has 2 nitrogen and oxygen atoms in total. The van der Waals surface area contributed by atoms with E-state index in [4.69, 9.17) is 0 Å². The summed E-state index contributed by atoms with van der Waals surface area (Å²) in [6, 6.07) is 0. The average molecular weight is 113 g/mol. The summed E-state index contributed by atoms with van der Waals surface area (Å²) < 4.78 is 0. The highest BCUT2D eigenvalue weighted by Gasteiger charge is 1.92. The summed E-state index contributed by atoms with van der Waals surface area (Å²) in [5, 5.41) is 0. The lowest BCUT2D eigenvalue weighted by molar-refractivity contribution is -0.115. The van der Waals surface area contributed by atoms with E-state index in [9.17, 15) is 4.79 Å². The summed E-state index contributed by atoms with van der Waals surface area (Å²) in [5.41, 5.74) is 0.900. The van der Waals surface area contributed by atoms with Crippen molar-refractivity contribution < 1.29 is 4.79 Å². The van der Waals surface area contributed by atoms with Crippen LogP contribution in [0.15, 0.2) is 4.99 Å². The molecule has 0 radical (unpaired) electrons. The number of hydrogen-bond donors (Lipinski definition) is 0. The normalized spacial score (nSPS) is 11.6. The van der Waals surface area contributed by atoms with Crippen LogP contribution in [0, 0.1) is 0 Å². The third kappa shape index (κ3) is 3.53. The largest absolute Gasteiger partial charge is 0.300 e. The smallest absolute Gasteiger partial charge is 0.135 e. The van der Waals surface area contributed by atoms with Gasteiger partial charge in [0, 0.05) is 19.2 Å². The van der Waals surface area contributed by atoms with E-state index in [-0.39, 0.29) is 5.78 Å². The standard InChI is InChI=1S/C6H11NO/c1-5(7-3)4-6(2)8/h4H2,1-3H3. The molecule has 0 rings (SSSR count). The highest BCUT2D eigenvalue weighted by Crippen LogP contribution is 1.84. The van der Waals surface area contributed by atoms with Gasteiger partial charge in [0.2, 0.25) is 0 Å². The quantitative estimate of drug-likeness (QED) is 0.492. The van der Waals surface area contributed by atoms with Crippen LogP contribution in [-0.2, 0) is 4.79 Å². The number of carbonyl (C=O) groups excluding carboxylic acids is 1. The van der Waals surface area contributed by atoms with Gasteiger partial charge in [0.05, 0.1) is 0 Å². The molecule has 46 valence electrons. The number of carbonyl (C=O) groups is 1. The molecule has 0 aliphatic rings. The van der Waals surface area contributed by atoms with Crippen LogP contribution in [0.2, 0.25) is 0 Å². The van der Waals surface area contributed by atoms with E-state index in [2.05, 4.69) is 4.99 Å². The van der Waals surface area contributed by atoms with Crippen molar-refractivity contribution in [1.29, 1.82) is 0 Å². The highest BCUT2D eigenvalue weighted by atomic mass is 16.1. The molecule has 0 fully saturated rings. The Morgan fingerprint density at radius 3 is 2.12 bits per heavy atom. The summed E-state index contributed by atoms with van der Waals surface area (Å²) in [7, 11) is 1.69. The summed E-state index contributed by atoms with van der Waals surface area (Å²) in [5.74, 6) is 0.174. The Labute approximate surface area is 49.6 Å². The number of ketones is 1. The molecular formula is C6H11NO. The van der Waals surface area contributed by atoms with Crippen LogP contribution < -0.4 is 0 Å². The van der Waals surface area contributed by atoms with E-state index in [1.165, 1.54) is 0 Å². The molecule has 0 atom stereocenters. The summed E-state index contributed by atoms with van der Waals surface area (Å²) >= 11 is 0. The van der Waals surface area contributed by atoms with Crippen LogP contribution in [0.4, 0.5) is 0 Å². The zero-order valence-electron chi connectivity index (χ0n) is 5.56. The van der Waals surface area contributed by atoms with Crippen LogP contribution >= 0.6 is 0 Å². The second kappa shape index (κ2) is 3.36. The van der Waals surface area contributed by atoms with Crippen molar-refractivity contribution in [3.05, 3.63) is 0 Å². The number of rotatable bonds is 2. The molecule has 0 spiro atoms. The van der Waals surface area contributed by atoms with Crippen LogP contribution in [0.25, 0.3) is 0 Å². The molecule has 8 heavy (non-hydrogen) atoms. The van der Waals surface area contributed by atoms with E-state index in [1.807, 2.05) is 6.92 Å². The first-order valence-electron chi connectivity index (χ1n) is 2.58. The zero-order chi connectivity index (χ0) is 6.57. The lowest BCUT2D eigenvalue weighted by Gasteiger charge is -1.89. The van der Waals surface area contributed by atoms with Gasteiger partial charge < -0.3 is 0 Å². The molecule has 0 bridgehead atoms. The third-order valence-electron chi connectivity index (χ3n) is 0.886. The average Bonchev–Trinajstić information content (AvgIpc) is 1.65. The Bertz CT molecular complexity index is 116. The number of nitrogens with zero attached hydrogens (tertiary/aromatic N) is 1. The minimum atomic E-state index is 0.174. The second-order valence-corrected chi connectivity index (χ2v) is 1.84. The number of aliphatic imine (C=N–C) groups is 1. The SMILES string of the molecule is CN=C(C)CC(C)=O. The Kier molecular flexibility index (Phi) is 3.08. The maximum absolute atomic E-state index is 10.3. The first-order chi connectivity index (χ1) is 3.66. The van der Waals surface area contributed by atoms with Gasteiger partial charge in [-0.1, -0.05) is 0 Å². The van der Waals surface area contributed by atoms with Crippen molar-refractivity contribution in [2.24, 2.45) is 4.99 Å². The molecule has 0 amide bonds. The molecular weight excluding hydrogens is 102 g/mol. The molecule has 0 unspecified atom stereocenters. The van der Waals surface area contributed by atoms with Gasteiger partial charge in [-0.15, -0.1) is 0 Å². The Morgan fingerprint density at radius 1 is 1.50 bits per heavy atom. The van der Waals surface area contributed by atoms with Crippen molar-refractivity contribution >= 4 is 11.5 Å². The summed E-state index contributed by atoms with van der Waals surface area (Å²) in [4.78, 5) is 14.2. The monoisotopic (exact) mass is 113 g/mol. The van der Waals surface area contributed by atoms with Gasteiger partial charge >= 0.3 is 0 Å². The predicted molar refractivity (Wildman–Crippen MR) is 34.3 cm³/mol. The van der Waals surface area contributed by atoms with Crippen molar-refractivity contribution in [2.75, 3.05) is 7.05 Å². The third-order valence-corrected chi connectivity index (χ3v) is 0.886. The fourth-order valence-electron chi connectivity index (χ4n) is 0.439. The first-order valence-corrected chi connectivity index (χ1v) is 2.58. The Hall–Kier alpha value is -0.660. The van der Waals surface area contributed by atoms with Crippen LogP contribution in [0.5, 0.6) is 0 Å². The van der Waals surface area contributed by atoms with Gasteiger partial charge in [-0.3, -0.25) is 9.79 Å². The minimum absolute atomic E-state index is 0.174. The van der Waals surface area contributed by atoms with Gasteiger partial charge in [0.25, 0.3) is 0 Å². The zero-order valence-corrected chi connectivity index (χ0v) is 5.56. The molecule has 0 saturated heterocycles. The van der Waals surface area contributed by atoms with Gasteiger partial charge in [0.15, 0.2) is 0 Å². The first kappa shape index (κ1) is 7.34. The maximum atomic E-state index is 10.3. The molecule has 0 aliphatic heterocycles. The molecule has 0 aromatic carbocycles. The molecule has 0 aromatic heterocycles. The Morgan fingerprint density at radius 2 is 2.00 bits per heavy atom. The van der Waals surface area contributed by atoms with Crippen molar-refractivity contribution in [3.63, 3.8) is 0 Å². The van der Waals surface area contributed by atoms with Crippen LogP contribution in [0.1, 0.15) is 20.3 Å². The van der Waals surface area contributed by atoms with Gasteiger partial charge in [-0.2, -0.15) is 0 Å². The maximum Gasteiger partial charge on any atom is 0.135 e. The minimum Gasteiger partial charge on any atom is -0.300 e. The molecule has 0 N–H and O–H groups in total. The molecule has 2 heteroatoms. The van der Waals surface area contributed by atoms with Gasteiger partial charge in [-0.05, 0) is 13.8 Å². The van der Waals surface area contributed by atoms with Crippen molar-refractivity contribution in [2.45, 2.75) is 20.3 Å². The van der Waals surface area contributed by atoms with Crippen molar-refractivity contribution in [1.82, 2.24) is 0 Å². The van der Waals surface area contributed by atoms with E-state index >= 15 is 0 Å². The molecule has 0 aromatic rings. The van der Waals surface area contributed by atoms with Gasteiger partial charge in [-0.25, -0.2) is 0 Å². The van der Waals surface area contributed by atoms with Crippen molar-refractivity contribution in [3.8, 4) is 0 Å². The van der Waals surface area contributed by atoms with Crippen LogP contribution in [-0.4, -0.2) is 18.5 Å². The highest BCUT2D eigenvalue weighted by molar-refractivity contribution is 5.99. The summed E-state index contributed by atoms with van der Waals surface area (Å²) in [6.45, 7) is 3.41. The fraction of sp³-hybridized carbons (Fsp3) is 0.667. The fourth-order valence-corrected chi connectivity index (χ4v) is 0.439. The van der Waals surface area contributed by atoms with E-state index < -0.39 is 0 Å². The lowest BCUT2D eigenvalue weighted by Crippen LogP contribution is -1.98. The summed E-state index contributed by atoms with van der Waals surface area (Å²) in [6.07, 6.45) is 0.497. The molecule has 0 saturated carbocycles. The second-order valence-electron chi connectivity index (χ2n) is 1.84. The number of Topliss-reactive ketones (excluding diaryl/α,β-unsaturated/α-hetero) is 1. The van der Waals surface area contributed by atoms with E-state index in [0.717, 1.165) is 5.71 Å². The van der Waals surface area contributed by atoms with Gasteiger partial charge in [0.1, 0.15) is 5.78 Å².